The van der Waals surface area contributed by atoms with E-state index >= 15 is 0 Å². The van der Waals surface area contributed by atoms with Gasteiger partial charge in [-0.3, -0.25) is 0 Å². The molecule has 3 aromatic heterocycles. The standard InChI is InChI=1S/C13H13N3O3S2/c17-11(9-3-5-20-8-9)6-16-21(18,19)12-7-15-13-10(12)2-1-4-14-13/h1-5,7-8,11,16-17H,6H2,(H,14,15). The second kappa shape index (κ2) is 5.57. The number of fused-ring (bicyclic) bond motifs is 1. The van der Waals surface area contributed by atoms with Gasteiger partial charge in [-0.25, -0.2) is 18.1 Å². The van der Waals surface area contributed by atoms with E-state index in [4.69, 9.17) is 0 Å². The largest absolute Gasteiger partial charge is 0.387 e. The van der Waals surface area contributed by atoms with Crippen molar-refractivity contribution < 1.29 is 13.5 Å². The van der Waals surface area contributed by atoms with Crippen molar-refractivity contribution in [3.05, 3.63) is 46.9 Å². The molecule has 0 aromatic carbocycles. The summed E-state index contributed by atoms with van der Waals surface area (Å²) in [6.07, 6.45) is 2.12. The van der Waals surface area contributed by atoms with E-state index in [1.54, 1.807) is 29.8 Å². The van der Waals surface area contributed by atoms with E-state index in [2.05, 4.69) is 14.7 Å². The van der Waals surface area contributed by atoms with Crippen LogP contribution in [0.3, 0.4) is 0 Å². The van der Waals surface area contributed by atoms with Gasteiger partial charge in [0.25, 0.3) is 0 Å². The Morgan fingerprint density at radius 2 is 2.29 bits per heavy atom. The van der Waals surface area contributed by atoms with Crippen molar-refractivity contribution in [2.24, 2.45) is 0 Å². The highest BCUT2D eigenvalue weighted by atomic mass is 32.2. The second-order valence-corrected chi connectivity index (χ2v) is 6.99. The lowest BCUT2D eigenvalue weighted by atomic mass is 10.2. The topological polar surface area (TPSA) is 95.1 Å². The molecule has 0 saturated heterocycles. The second-order valence-electron chi connectivity index (χ2n) is 4.48. The molecule has 6 nitrogen and oxygen atoms in total. The smallest absolute Gasteiger partial charge is 0.242 e. The van der Waals surface area contributed by atoms with E-state index in [0.29, 0.717) is 16.6 Å². The Labute approximate surface area is 125 Å². The average molecular weight is 323 g/mol. The number of hydrogen-bond donors (Lipinski definition) is 3. The zero-order valence-electron chi connectivity index (χ0n) is 10.9. The summed E-state index contributed by atoms with van der Waals surface area (Å²) in [7, 11) is -3.71. The molecular weight excluding hydrogens is 310 g/mol. The fourth-order valence-corrected chi connectivity index (χ4v) is 3.91. The summed E-state index contributed by atoms with van der Waals surface area (Å²) in [6, 6.07) is 5.12. The molecule has 3 heterocycles. The Hall–Kier alpha value is -1.74. The number of pyridine rings is 1. The Kier molecular flexibility index (Phi) is 3.77. The van der Waals surface area contributed by atoms with E-state index in [1.165, 1.54) is 17.5 Å². The summed E-state index contributed by atoms with van der Waals surface area (Å²) in [4.78, 5) is 7.00. The van der Waals surface area contributed by atoms with Gasteiger partial charge in [-0.05, 0) is 34.5 Å². The number of aromatic nitrogens is 2. The van der Waals surface area contributed by atoms with Gasteiger partial charge in [0, 0.05) is 24.3 Å². The van der Waals surface area contributed by atoms with Crippen LogP contribution in [0.25, 0.3) is 11.0 Å². The van der Waals surface area contributed by atoms with Crippen LogP contribution >= 0.6 is 11.3 Å². The molecule has 3 aromatic rings. The normalized spacial score (nSPS) is 13.6. The molecule has 1 atom stereocenters. The molecule has 21 heavy (non-hydrogen) atoms. The third-order valence-corrected chi connectivity index (χ3v) is 5.26. The summed E-state index contributed by atoms with van der Waals surface area (Å²) in [5.41, 5.74) is 1.21. The van der Waals surface area contributed by atoms with E-state index in [1.807, 2.05) is 5.38 Å². The van der Waals surface area contributed by atoms with Crippen molar-refractivity contribution in [1.29, 1.82) is 0 Å². The lowest BCUT2D eigenvalue weighted by Gasteiger charge is -2.10. The Morgan fingerprint density at radius 1 is 1.43 bits per heavy atom. The third kappa shape index (κ3) is 2.84. The van der Waals surface area contributed by atoms with Crippen LogP contribution in [0, 0.1) is 0 Å². The Balaban J connectivity index is 1.81. The molecule has 3 N–H and O–H groups in total. The number of sulfonamides is 1. The summed E-state index contributed by atoms with van der Waals surface area (Å²) >= 11 is 1.45. The molecule has 3 rings (SSSR count). The van der Waals surface area contributed by atoms with Gasteiger partial charge in [0.15, 0.2) is 0 Å². The van der Waals surface area contributed by atoms with Crippen molar-refractivity contribution >= 4 is 32.4 Å². The number of rotatable bonds is 5. The third-order valence-electron chi connectivity index (χ3n) is 3.10. The zero-order chi connectivity index (χ0) is 14.9. The minimum atomic E-state index is -3.71. The average Bonchev–Trinajstić information content (AvgIpc) is 3.14. The fraction of sp³-hybridized carbons (Fsp3) is 0.154. The molecule has 0 radical (unpaired) electrons. The van der Waals surface area contributed by atoms with Crippen LogP contribution in [0.15, 0.2) is 46.2 Å². The van der Waals surface area contributed by atoms with Gasteiger partial charge >= 0.3 is 0 Å². The number of aliphatic hydroxyl groups excluding tert-OH is 1. The highest BCUT2D eigenvalue weighted by Crippen LogP contribution is 2.21. The molecule has 110 valence electrons. The summed E-state index contributed by atoms with van der Waals surface area (Å²) < 4.78 is 27.0. The minimum Gasteiger partial charge on any atom is -0.387 e. The van der Waals surface area contributed by atoms with Crippen molar-refractivity contribution in [2.45, 2.75) is 11.0 Å². The van der Waals surface area contributed by atoms with Crippen LogP contribution in [0.4, 0.5) is 0 Å². The minimum absolute atomic E-state index is 0.0774. The van der Waals surface area contributed by atoms with Crippen molar-refractivity contribution in [1.82, 2.24) is 14.7 Å². The quantitative estimate of drug-likeness (QED) is 0.665. The van der Waals surface area contributed by atoms with Gasteiger partial charge in [0.1, 0.15) is 10.5 Å². The van der Waals surface area contributed by atoms with Crippen LogP contribution in [-0.2, 0) is 10.0 Å². The van der Waals surface area contributed by atoms with Gasteiger partial charge in [-0.2, -0.15) is 11.3 Å². The lowest BCUT2D eigenvalue weighted by Crippen LogP contribution is -2.28. The van der Waals surface area contributed by atoms with Crippen LogP contribution in [0.1, 0.15) is 11.7 Å². The van der Waals surface area contributed by atoms with Crippen LogP contribution < -0.4 is 4.72 Å². The number of aromatic amines is 1. The predicted octanol–water partition coefficient (Wildman–Crippen LogP) is 1.64. The molecule has 0 bridgehead atoms. The number of nitrogens with one attached hydrogen (secondary N) is 2. The van der Waals surface area contributed by atoms with Crippen LogP contribution in [0.2, 0.25) is 0 Å². The highest BCUT2D eigenvalue weighted by molar-refractivity contribution is 7.89. The molecule has 0 fully saturated rings. The van der Waals surface area contributed by atoms with E-state index in [-0.39, 0.29) is 11.4 Å². The molecule has 0 saturated carbocycles. The van der Waals surface area contributed by atoms with E-state index < -0.39 is 16.1 Å². The first kappa shape index (κ1) is 14.2. The first-order valence-electron chi connectivity index (χ1n) is 6.20. The molecule has 0 spiro atoms. The molecule has 8 heteroatoms. The van der Waals surface area contributed by atoms with Gasteiger partial charge in [-0.15, -0.1) is 0 Å². The highest BCUT2D eigenvalue weighted by Gasteiger charge is 2.20. The number of aliphatic hydroxyl groups is 1. The van der Waals surface area contributed by atoms with Crippen molar-refractivity contribution in [2.75, 3.05) is 6.54 Å². The molecule has 0 aliphatic heterocycles. The summed E-state index contributed by atoms with van der Waals surface area (Å²) in [5.74, 6) is 0. The maximum atomic E-state index is 12.3. The number of nitrogens with zero attached hydrogens (tertiary/aromatic N) is 1. The molecule has 0 aliphatic carbocycles. The fourth-order valence-electron chi connectivity index (χ4n) is 2.00. The molecule has 1 unspecified atom stereocenters. The zero-order valence-corrected chi connectivity index (χ0v) is 12.5. The van der Waals surface area contributed by atoms with Crippen LogP contribution in [0.5, 0.6) is 0 Å². The first-order valence-corrected chi connectivity index (χ1v) is 8.62. The van der Waals surface area contributed by atoms with Gasteiger partial charge in [0.05, 0.1) is 6.10 Å². The summed E-state index contributed by atoms with van der Waals surface area (Å²) in [6.45, 7) is -0.0774. The van der Waals surface area contributed by atoms with Gasteiger partial charge in [0.2, 0.25) is 10.0 Å². The number of thiophene rings is 1. The number of hydrogen-bond acceptors (Lipinski definition) is 5. The van der Waals surface area contributed by atoms with Gasteiger partial charge < -0.3 is 10.1 Å². The van der Waals surface area contributed by atoms with Crippen LogP contribution in [-0.4, -0.2) is 30.0 Å². The maximum Gasteiger partial charge on any atom is 0.242 e. The number of H-pyrrole nitrogens is 1. The van der Waals surface area contributed by atoms with E-state index in [9.17, 15) is 13.5 Å². The predicted molar refractivity (Wildman–Crippen MR) is 80.6 cm³/mol. The first-order chi connectivity index (χ1) is 10.1. The Bertz CT molecular complexity index is 841. The van der Waals surface area contributed by atoms with Crippen molar-refractivity contribution in [3.8, 4) is 0 Å². The molecular formula is C13H13N3O3S2. The Morgan fingerprint density at radius 3 is 3.05 bits per heavy atom. The maximum absolute atomic E-state index is 12.3. The molecule has 0 aliphatic rings. The monoisotopic (exact) mass is 323 g/mol. The van der Waals surface area contributed by atoms with E-state index in [0.717, 1.165) is 0 Å². The SMILES string of the molecule is O=S(=O)(NCC(O)c1ccsc1)c1c[nH]c2ncccc12. The summed E-state index contributed by atoms with van der Waals surface area (Å²) in [5, 5.41) is 14.1. The molecule has 0 amide bonds. The lowest BCUT2D eigenvalue weighted by molar-refractivity contribution is 0.182. The van der Waals surface area contributed by atoms with Crippen molar-refractivity contribution in [3.63, 3.8) is 0 Å². The van der Waals surface area contributed by atoms with Gasteiger partial charge in [-0.1, -0.05) is 0 Å².